The average Bonchev–Trinajstić information content (AvgIpc) is 2.47. The van der Waals surface area contributed by atoms with E-state index in [1.54, 1.807) is 23.9 Å². The van der Waals surface area contributed by atoms with E-state index < -0.39 is 10.0 Å². The van der Waals surface area contributed by atoms with Crippen LogP contribution in [0.1, 0.15) is 31.2 Å². The summed E-state index contributed by atoms with van der Waals surface area (Å²) in [6.07, 6.45) is 6.04. The molecule has 1 aliphatic rings. The van der Waals surface area contributed by atoms with Gasteiger partial charge in [-0.1, -0.05) is 12.5 Å². The second-order valence-corrected chi connectivity index (χ2v) is 8.94. The molecular formula is C14H20BrNO3S2. The van der Waals surface area contributed by atoms with Gasteiger partial charge in [0.15, 0.2) is 0 Å². The molecule has 0 saturated heterocycles. The van der Waals surface area contributed by atoms with Crippen molar-refractivity contribution in [2.75, 3.05) is 6.26 Å². The second-order valence-electron chi connectivity index (χ2n) is 5.27. The van der Waals surface area contributed by atoms with E-state index in [0.717, 1.165) is 25.7 Å². The summed E-state index contributed by atoms with van der Waals surface area (Å²) >= 11 is 5.08. The summed E-state index contributed by atoms with van der Waals surface area (Å²) in [7, 11) is -3.57. The maximum absolute atomic E-state index is 12.6. The first kappa shape index (κ1) is 17.3. The number of halogens is 1. The number of aliphatic hydroxyl groups is 1. The number of nitrogens with one attached hydrogen (secondary N) is 1. The fraction of sp³-hybridized carbons (Fsp3) is 0.571. The van der Waals surface area contributed by atoms with Crippen molar-refractivity contribution in [1.29, 1.82) is 0 Å². The molecule has 0 bridgehead atoms. The largest absolute Gasteiger partial charge is 0.392 e. The van der Waals surface area contributed by atoms with Crippen molar-refractivity contribution in [3.05, 3.63) is 28.2 Å². The van der Waals surface area contributed by atoms with Gasteiger partial charge >= 0.3 is 0 Å². The fourth-order valence-electron chi connectivity index (χ4n) is 2.60. The van der Waals surface area contributed by atoms with E-state index in [2.05, 4.69) is 26.9 Å². The van der Waals surface area contributed by atoms with E-state index in [0.29, 0.717) is 15.3 Å². The minimum atomic E-state index is -3.57. The van der Waals surface area contributed by atoms with Crippen molar-refractivity contribution in [3.8, 4) is 0 Å². The summed E-state index contributed by atoms with van der Waals surface area (Å²) < 4.78 is 28.4. The molecule has 1 aromatic rings. The lowest BCUT2D eigenvalue weighted by Crippen LogP contribution is -2.39. The van der Waals surface area contributed by atoms with Crippen molar-refractivity contribution in [1.82, 2.24) is 4.72 Å². The number of hydrogen-bond donors (Lipinski definition) is 2. The average molecular weight is 394 g/mol. The third kappa shape index (κ3) is 4.45. The molecule has 2 atom stereocenters. The summed E-state index contributed by atoms with van der Waals surface area (Å²) in [4.78, 5) is 0.195. The van der Waals surface area contributed by atoms with Crippen molar-refractivity contribution in [2.45, 2.75) is 48.5 Å². The normalized spacial score (nSPS) is 23.2. The summed E-state index contributed by atoms with van der Waals surface area (Å²) in [5, 5.41) is 9.70. The Hall–Kier alpha value is -0.0800. The third-order valence-corrected chi connectivity index (χ3v) is 7.36. The fourth-order valence-corrected chi connectivity index (χ4v) is 5.73. The van der Waals surface area contributed by atoms with E-state index >= 15 is 0 Å². The molecule has 0 aliphatic heterocycles. The Morgan fingerprint density at radius 1 is 1.43 bits per heavy atom. The highest BCUT2D eigenvalue weighted by Crippen LogP contribution is 2.29. The summed E-state index contributed by atoms with van der Waals surface area (Å²) in [6, 6.07) is 4.87. The molecule has 0 spiro atoms. The van der Waals surface area contributed by atoms with E-state index in [4.69, 9.17) is 0 Å². The van der Waals surface area contributed by atoms with Crippen LogP contribution in [-0.2, 0) is 16.6 Å². The van der Waals surface area contributed by atoms with E-state index in [1.165, 1.54) is 6.07 Å². The van der Waals surface area contributed by atoms with Crippen LogP contribution in [0.15, 0.2) is 27.6 Å². The van der Waals surface area contributed by atoms with Crippen molar-refractivity contribution in [2.24, 2.45) is 0 Å². The minimum absolute atomic E-state index is 0.00844. The highest BCUT2D eigenvalue weighted by atomic mass is 79.9. The monoisotopic (exact) mass is 393 g/mol. The molecule has 1 aliphatic carbocycles. The Labute approximate surface area is 138 Å². The zero-order valence-electron chi connectivity index (χ0n) is 11.9. The molecule has 1 aromatic carbocycles. The molecule has 0 amide bonds. The standard InChI is InChI=1S/C14H20BrNO3S2/c1-20-12-4-2-3-11(8-12)16-21(18,19)14-7-10(9-17)5-6-13(14)15/h5-7,11-12,16-17H,2-4,8-9H2,1H3. The number of sulfonamides is 1. The zero-order valence-corrected chi connectivity index (χ0v) is 15.1. The van der Waals surface area contributed by atoms with Gasteiger partial charge in [0.1, 0.15) is 0 Å². The Bertz CT molecular complexity index is 592. The van der Waals surface area contributed by atoms with E-state index in [-0.39, 0.29) is 17.5 Å². The first-order valence-corrected chi connectivity index (χ1v) is 10.5. The Morgan fingerprint density at radius 2 is 2.19 bits per heavy atom. The van der Waals surface area contributed by atoms with Gasteiger partial charge in [0, 0.05) is 15.8 Å². The van der Waals surface area contributed by atoms with Crippen molar-refractivity contribution >= 4 is 37.7 Å². The van der Waals surface area contributed by atoms with Gasteiger partial charge in [-0.3, -0.25) is 0 Å². The van der Waals surface area contributed by atoms with Gasteiger partial charge in [-0.25, -0.2) is 13.1 Å². The molecule has 2 unspecified atom stereocenters. The molecule has 118 valence electrons. The summed E-state index contributed by atoms with van der Waals surface area (Å²) in [5.41, 5.74) is 0.587. The molecule has 21 heavy (non-hydrogen) atoms. The highest BCUT2D eigenvalue weighted by Gasteiger charge is 2.27. The van der Waals surface area contributed by atoms with Gasteiger partial charge in [-0.2, -0.15) is 11.8 Å². The van der Waals surface area contributed by atoms with Crippen LogP contribution in [0.2, 0.25) is 0 Å². The first-order chi connectivity index (χ1) is 9.96. The topological polar surface area (TPSA) is 66.4 Å². The Kier molecular flexibility index (Phi) is 6.14. The van der Waals surface area contributed by atoms with Crippen LogP contribution in [0.4, 0.5) is 0 Å². The quantitative estimate of drug-likeness (QED) is 0.806. The third-order valence-electron chi connectivity index (χ3n) is 3.75. The SMILES string of the molecule is CSC1CCCC(NS(=O)(=O)c2cc(CO)ccc2Br)C1. The van der Waals surface area contributed by atoms with Crippen LogP contribution in [0, 0.1) is 0 Å². The predicted octanol–water partition coefficient (Wildman–Crippen LogP) is 2.89. The number of benzene rings is 1. The van der Waals surface area contributed by atoms with Gasteiger partial charge in [-0.05, 0) is 59.1 Å². The predicted molar refractivity (Wildman–Crippen MR) is 89.9 cm³/mol. The van der Waals surface area contributed by atoms with Gasteiger partial charge in [0.05, 0.1) is 11.5 Å². The second kappa shape index (κ2) is 7.46. The van der Waals surface area contributed by atoms with Crippen molar-refractivity contribution in [3.63, 3.8) is 0 Å². The van der Waals surface area contributed by atoms with Crippen LogP contribution in [0.25, 0.3) is 0 Å². The molecule has 1 fully saturated rings. The Morgan fingerprint density at radius 3 is 2.86 bits per heavy atom. The number of thioether (sulfide) groups is 1. The molecule has 4 nitrogen and oxygen atoms in total. The van der Waals surface area contributed by atoms with Gasteiger partial charge in [0.2, 0.25) is 10.0 Å². The molecule has 2 rings (SSSR count). The van der Waals surface area contributed by atoms with Crippen LogP contribution in [0.3, 0.4) is 0 Å². The van der Waals surface area contributed by atoms with Crippen LogP contribution >= 0.6 is 27.7 Å². The number of hydrogen-bond acceptors (Lipinski definition) is 4. The van der Waals surface area contributed by atoms with Crippen molar-refractivity contribution < 1.29 is 13.5 Å². The Balaban J connectivity index is 2.18. The van der Waals surface area contributed by atoms with E-state index in [9.17, 15) is 13.5 Å². The van der Waals surface area contributed by atoms with Crippen LogP contribution < -0.4 is 4.72 Å². The van der Waals surface area contributed by atoms with Gasteiger partial charge < -0.3 is 5.11 Å². The molecule has 0 aromatic heterocycles. The smallest absolute Gasteiger partial charge is 0.241 e. The lowest BCUT2D eigenvalue weighted by atomic mass is 9.96. The van der Waals surface area contributed by atoms with Crippen LogP contribution in [0.5, 0.6) is 0 Å². The molecule has 1 saturated carbocycles. The maximum Gasteiger partial charge on any atom is 0.241 e. The number of aliphatic hydroxyl groups excluding tert-OH is 1. The highest BCUT2D eigenvalue weighted by molar-refractivity contribution is 9.10. The van der Waals surface area contributed by atoms with Gasteiger partial charge in [0.25, 0.3) is 0 Å². The van der Waals surface area contributed by atoms with Crippen LogP contribution in [-0.4, -0.2) is 31.1 Å². The summed E-state index contributed by atoms with van der Waals surface area (Å²) in [5.74, 6) is 0. The summed E-state index contributed by atoms with van der Waals surface area (Å²) in [6.45, 7) is -0.173. The minimum Gasteiger partial charge on any atom is -0.392 e. The lowest BCUT2D eigenvalue weighted by Gasteiger charge is -2.28. The molecule has 7 heteroatoms. The molecular weight excluding hydrogens is 374 g/mol. The first-order valence-electron chi connectivity index (χ1n) is 6.90. The maximum atomic E-state index is 12.6. The zero-order chi connectivity index (χ0) is 15.5. The van der Waals surface area contributed by atoms with Gasteiger partial charge in [-0.15, -0.1) is 0 Å². The van der Waals surface area contributed by atoms with E-state index in [1.807, 2.05) is 0 Å². The lowest BCUT2D eigenvalue weighted by molar-refractivity contribution is 0.281. The molecule has 0 heterocycles. The molecule has 2 N–H and O–H groups in total. The number of rotatable bonds is 5. The molecule has 0 radical (unpaired) electrons.